The molecule has 0 aliphatic heterocycles. The molecule has 0 aromatic carbocycles. The molecule has 0 saturated heterocycles. The van der Waals surface area contributed by atoms with E-state index in [9.17, 15) is 30.7 Å². The van der Waals surface area contributed by atoms with E-state index < -0.39 is 35.6 Å². The Morgan fingerprint density at radius 2 is 1.48 bits per heavy atom. The summed E-state index contributed by atoms with van der Waals surface area (Å²) in [6.07, 6.45) is -5.02. The van der Waals surface area contributed by atoms with Crippen molar-refractivity contribution in [2.75, 3.05) is 23.7 Å². The van der Waals surface area contributed by atoms with Crippen LogP contribution in [0.1, 0.15) is 25.0 Å². The van der Waals surface area contributed by atoms with Gasteiger partial charge in [-0.05, 0) is 18.6 Å². The second-order valence-electron chi connectivity index (χ2n) is 7.63. The molecule has 0 spiro atoms. The Bertz CT molecular complexity index is 965. The summed E-state index contributed by atoms with van der Waals surface area (Å²) in [5.41, 5.74) is -1.35. The van der Waals surface area contributed by atoms with Crippen LogP contribution in [-0.4, -0.2) is 44.9 Å². The van der Waals surface area contributed by atoms with Crippen LogP contribution in [0.15, 0.2) is 18.2 Å². The first-order valence-electron chi connectivity index (χ1n) is 9.48. The van der Waals surface area contributed by atoms with Gasteiger partial charge < -0.3 is 10.6 Å². The van der Waals surface area contributed by atoms with Crippen LogP contribution < -0.4 is 10.6 Å². The number of aromatic nitrogens is 4. The molecule has 2 aromatic heterocycles. The predicted molar refractivity (Wildman–Crippen MR) is 95.8 cm³/mol. The normalized spacial score (nSPS) is 23.3. The number of nitrogens with zero attached hydrogens (tertiary/aromatic N) is 4. The quantitative estimate of drug-likeness (QED) is 0.578. The van der Waals surface area contributed by atoms with Crippen LogP contribution in [0.2, 0.25) is 0 Å². The number of anilines is 2. The van der Waals surface area contributed by atoms with Crippen molar-refractivity contribution in [1.29, 1.82) is 0 Å². The van der Waals surface area contributed by atoms with E-state index >= 15 is 0 Å². The molecule has 2 atom stereocenters. The third kappa shape index (κ3) is 5.13. The maximum absolute atomic E-state index is 13.1. The van der Waals surface area contributed by atoms with Crippen LogP contribution >= 0.6 is 0 Å². The molecule has 31 heavy (non-hydrogen) atoms. The van der Waals surface area contributed by atoms with E-state index in [-0.39, 0.29) is 55.8 Å². The second-order valence-corrected chi connectivity index (χ2v) is 7.63. The van der Waals surface area contributed by atoms with E-state index in [1.54, 1.807) is 0 Å². The first-order chi connectivity index (χ1) is 14.4. The van der Waals surface area contributed by atoms with Gasteiger partial charge in [-0.2, -0.15) is 28.1 Å². The second kappa shape index (κ2) is 7.45. The van der Waals surface area contributed by atoms with E-state index in [1.165, 1.54) is 6.07 Å². The predicted octanol–water partition coefficient (Wildman–Crippen LogP) is 4.48. The average Bonchev–Trinajstić information content (AvgIpc) is 3.52. The van der Waals surface area contributed by atoms with Crippen LogP contribution in [0.3, 0.4) is 0 Å². The summed E-state index contributed by atoms with van der Waals surface area (Å²) >= 11 is 0. The fourth-order valence-corrected chi connectivity index (χ4v) is 3.01. The minimum absolute atomic E-state index is 0.0850. The summed E-state index contributed by atoms with van der Waals surface area (Å²) in [5, 5.41) is 5.37. The molecule has 0 amide bonds. The molecule has 2 heterocycles. The van der Waals surface area contributed by atoms with Gasteiger partial charge in [0.25, 0.3) is 11.8 Å². The Hall–Kier alpha value is -2.73. The summed E-state index contributed by atoms with van der Waals surface area (Å²) in [6, 6.07) is 3.18. The standard InChI is InChI=1S/C18H17F7N6/c19-16(20)6-9(16)4-5-26-14-29-13(11-2-1-3-12(28-11)18(23,24)25)30-15(31-14)27-8-10-7-17(10,21)22/h1-3,9-10H,4-8H2,(H2,26,27,29,30,31). The maximum atomic E-state index is 13.1. The molecule has 168 valence electrons. The minimum atomic E-state index is -4.68. The van der Waals surface area contributed by atoms with Crippen molar-refractivity contribution >= 4 is 11.9 Å². The molecular formula is C18H17F7N6. The van der Waals surface area contributed by atoms with Crippen LogP contribution in [0.5, 0.6) is 0 Å². The number of hydrogen-bond acceptors (Lipinski definition) is 6. The third-order valence-corrected chi connectivity index (χ3v) is 5.10. The molecule has 0 radical (unpaired) electrons. The average molecular weight is 450 g/mol. The number of nitrogens with one attached hydrogen (secondary N) is 2. The molecule has 0 bridgehead atoms. The molecule has 6 nitrogen and oxygen atoms in total. The van der Waals surface area contributed by atoms with Crippen molar-refractivity contribution in [3.05, 3.63) is 23.9 Å². The molecule has 2 saturated carbocycles. The van der Waals surface area contributed by atoms with E-state index in [0.29, 0.717) is 0 Å². The van der Waals surface area contributed by atoms with E-state index in [1.807, 2.05) is 0 Å². The molecule has 2 aliphatic rings. The Morgan fingerprint density at radius 1 is 0.871 bits per heavy atom. The summed E-state index contributed by atoms with van der Waals surface area (Å²) in [6.45, 7) is -0.0416. The number of rotatable bonds is 8. The first-order valence-corrected chi connectivity index (χ1v) is 9.48. The Kier molecular flexibility index (Phi) is 5.16. The molecule has 2 unspecified atom stereocenters. The van der Waals surface area contributed by atoms with Crippen molar-refractivity contribution in [3.8, 4) is 11.5 Å². The van der Waals surface area contributed by atoms with Crippen molar-refractivity contribution in [1.82, 2.24) is 19.9 Å². The smallest absolute Gasteiger partial charge is 0.354 e. The topological polar surface area (TPSA) is 75.6 Å². The minimum Gasteiger partial charge on any atom is -0.354 e. The zero-order chi connectivity index (χ0) is 22.4. The molecule has 2 fully saturated rings. The van der Waals surface area contributed by atoms with E-state index in [4.69, 9.17) is 0 Å². The van der Waals surface area contributed by atoms with Crippen LogP contribution in [0.4, 0.5) is 42.6 Å². The van der Waals surface area contributed by atoms with Crippen LogP contribution in [0, 0.1) is 11.8 Å². The molecule has 2 N–H and O–H groups in total. The zero-order valence-electron chi connectivity index (χ0n) is 15.9. The van der Waals surface area contributed by atoms with E-state index in [0.717, 1.165) is 12.1 Å². The van der Waals surface area contributed by atoms with Crippen molar-refractivity contribution in [2.24, 2.45) is 11.8 Å². The van der Waals surface area contributed by atoms with Gasteiger partial charge in [0.05, 0.1) is 0 Å². The number of halogens is 7. The fraction of sp³-hybridized carbons (Fsp3) is 0.556. The lowest BCUT2D eigenvalue weighted by Crippen LogP contribution is -2.15. The highest BCUT2D eigenvalue weighted by atomic mass is 19.4. The lowest BCUT2D eigenvalue weighted by molar-refractivity contribution is -0.141. The lowest BCUT2D eigenvalue weighted by atomic mass is 10.3. The van der Waals surface area contributed by atoms with Gasteiger partial charge in [-0.3, -0.25) is 0 Å². The summed E-state index contributed by atoms with van der Waals surface area (Å²) in [5.74, 6) is -7.54. The van der Waals surface area contributed by atoms with Crippen molar-refractivity contribution in [3.63, 3.8) is 0 Å². The van der Waals surface area contributed by atoms with Gasteiger partial charge in [-0.25, -0.2) is 22.5 Å². The Morgan fingerprint density at radius 3 is 2.06 bits per heavy atom. The number of pyridine rings is 1. The Balaban J connectivity index is 1.53. The van der Waals surface area contributed by atoms with Crippen LogP contribution in [-0.2, 0) is 6.18 Å². The zero-order valence-corrected chi connectivity index (χ0v) is 15.9. The monoisotopic (exact) mass is 450 g/mol. The third-order valence-electron chi connectivity index (χ3n) is 5.10. The summed E-state index contributed by atoms with van der Waals surface area (Å²) in [7, 11) is 0. The molecule has 13 heteroatoms. The highest BCUT2D eigenvalue weighted by Gasteiger charge is 2.56. The first kappa shape index (κ1) is 21.5. The maximum Gasteiger partial charge on any atom is 0.433 e. The Labute approximate surface area is 171 Å². The molecule has 2 aromatic rings. The summed E-state index contributed by atoms with van der Waals surface area (Å²) < 4.78 is 91.1. The highest BCUT2D eigenvalue weighted by Crippen LogP contribution is 2.50. The molecule has 4 rings (SSSR count). The molecule has 2 aliphatic carbocycles. The lowest BCUT2D eigenvalue weighted by Gasteiger charge is -2.11. The van der Waals surface area contributed by atoms with Gasteiger partial charge in [0.1, 0.15) is 11.4 Å². The van der Waals surface area contributed by atoms with Gasteiger partial charge in [-0.15, -0.1) is 0 Å². The van der Waals surface area contributed by atoms with Crippen molar-refractivity contribution in [2.45, 2.75) is 37.3 Å². The largest absolute Gasteiger partial charge is 0.433 e. The fourth-order valence-electron chi connectivity index (χ4n) is 3.01. The SMILES string of the molecule is FC(F)(F)c1cccc(-c2nc(NCCC3CC3(F)F)nc(NCC3CC3(F)F)n2)n1. The van der Waals surface area contributed by atoms with Gasteiger partial charge in [0, 0.05) is 37.8 Å². The van der Waals surface area contributed by atoms with Gasteiger partial charge in [0.15, 0.2) is 5.82 Å². The summed E-state index contributed by atoms with van der Waals surface area (Å²) in [4.78, 5) is 15.5. The van der Waals surface area contributed by atoms with Crippen molar-refractivity contribution < 1.29 is 30.7 Å². The van der Waals surface area contributed by atoms with Gasteiger partial charge >= 0.3 is 6.18 Å². The van der Waals surface area contributed by atoms with Crippen LogP contribution in [0.25, 0.3) is 11.5 Å². The van der Waals surface area contributed by atoms with Gasteiger partial charge in [-0.1, -0.05) is 6.07 Å². The van der Waals surface area contributed by atoms with E-state index in [2.05, 4.69) is 30.6 Å². The molecular weight excluding hydrogens is 433 g/mol. The highest BCUT2D eigenvalue weighted by molar-refractivity contribution is 5.54. The number of hydrogen-bond donors (Lipinski definition) is 2. The van der Waals surface area contributed by atoms with Gasteiger partial charge in [0.2, 0.25) is 11.9 Å². The number of alkyl halides is 7.